The summed E-state index contributed by atoms with van der Waals surface area (Å²) in [6, 6.07) is 0. The van der Waals surface area contributed by atoms with Crippen LogP contribution in [0.4, 0.5) is 4.70 Å². The number of rotatable bonds is 0. The van der Waals surface area contributed by atoms with Gasteiger partial charge in [-0.05, 0) is 0 Å². The first-order valence-corrected chi connectivity index (χ1v) is 0. The SMILES string of the molecule is Cl.F.[AlH3].[H-].[Li+]. The molecule has 4 heavy (non-hydrogen) atoms. The molecule has 0 heterocycles. The van der Waals surface area contributed by atoms with Gasteiger partial charge in [-0.25, -0.2) is 0 Å². The summed E-state index contributed by atoms with van der Waals surface area (Å²) in [5, 5.41) is 0. The van der Waals surface area contributed by atoms with Crippen LogP contribution in [0.25, 0.3) is 0 Å². The van der Waals surface area contributed by atoms with Crippen molar-refractivity contribution >= 4 is 29.8 Å². The van der Waals surface area contributed by atoms with E-state index in [2.05, 4.69) is 0 Å². The predicted octanol–water partition coefficient (Wildman–Crippen LogP) is -3.49. The molecule has 0 aromatic carbocycles. The van der Waals surface area contributed by atoms with E-state index in [0.717, 1.165) is 0 Å². The van der Waals surface area contributed by atoms with Crippen LogP contribution in [-0.2, 0) is 0 Å². The van der Waals surface area contributed by atoms with Gasteiger partial charge in [-0.2, -0.15) is 0 Å². The third-order valence-corrected chi connectivity index (χ3v) is 0. The summed E-state index contributed by atoms with van der Waals surface area (Å²) < 4.78 is 0. The van der Waals surface area contributed by atoms with Crippen molar-refractivity contribution < 1.29 is 25.0 Å². The van der Waals surface area contributed by atoms with Crippen LogP contribution >= 0.6 is 12.4 Å². The van der Waals surface area contributed by atoms with Gasteiger partial charge in [-0.3, -0.25) is 4.70 Å². The largest absolute Gasteiger partial charge is 1.00 e. The molecule has 0 aliphatic heterocycles. The summed E-state index contributed by atoms with van der Waals surface area (Å²) in [6.45, 7) is 0. The van der Waals surface area contributed by atoms with E-state index in [-0.39, 0.29) is 54.8 Å². The number of hydrogen-bond acceptors (Lipinski definition) is 0. The van der Waals surface area contributed by atoms with Crippen molar-refractivity contribution in [3.05, 3.63) is 0 Å². The monoisotopic (exact) mass is 94.0 g/mol. The summed E-state index contributed by atoms with van der Waals surface area (Å²) in [6.07, 6.45) is 0. The molecule has 4 heteroatoms. The van der Waals surface area contributed by atoms with Crippen molar-refractivity contribution in [1.82, 2.24) is 0 Å². The molecule has 0 N–H and O–H groups in total. The molecule has 0 spiro atoms. The zero-order valence-electron chi connectivity index (χ0n) is 2.82. The second kappa shape index (κ2) is 26.8. The maximum Gasteiger partial charge on any atom is 1.00 e. The van der Waals surface area contributed by atoms with E-state index < -0.39 is 0 Å². The Kier molecular flexibility index (Phi) is 372. The Balaban J connectivity index is 0. The molecule has 24 valence electrons. The normalized spacial score (nSPS) is 0. The standard InChI is InChI=1S/Al.ClH.FH.Li.4H/h;2*1H;;;;;/q;;;+1;;;;-1. The predicted molar refractivity (Wildman–Crippen MR) is 20.8 cm³/mol. The average molecular weight is 94.4 g/mol. The Bertz CT molecular complexity index is 11.6. The van der Waals surface area contributed by atoms with E-state index >= 15 is 0 Å². The molecule has 0 saturated heterocycles. The molecule has 0 rings (SSSR count). The molecular formula is H6AlClFLi. The quantitative estimate of drug-likeness (QED) is 0.273. The Morgan fingerprint density at radius 3 is 1.25 bits per heavy atom. The first-order valence-electron chi connectivity index (χ1n) is 0. The van der Waals surface area contributed by atoms with Gasteiger partial charge in [0.2, 0.25) is 0 Å². The Hall–Kier alpha value is 1.35. The van der Waals surface area contributed by atoms with Crippen LogP contribution in [0.2, 0.25) is 0 Å². The second-order valence-electron chi connectivity index (χ2n) is 0. The first kappa shape index (κ1) is 55.6. The Morgan fingerprint density at radius 1 is 1.25 bits per heavy atom. The van der Waals surface area contributed by atoms with Gasteiger partial charge in [0, 0.05) is 0 Å². The topological polar surface area (TPSA) is 0 Å². The van der Waals surface area contributed by atoms with Crippen molar-refractivity contribution in [3.8, 4) is 0 Å². The first-order chi connectivity index (χ1) is 0. The molecule has 0 aliphatic carbocycles. The summed E-state index contributed by atoms with van der Waals surface area (Å²) in [4.78, 5) is 0. The molecule has 0 aromatic rings. The van der Waals surface area contributed by atoms with Crippen molar-refractivity contribution in [2.24, 2.45) is 0 Å². The third-order valence-electron chi connectivity index (χ3n) is 0. The van der Waals surface area contributed by atoms with Crippen LogP contribution in [0.5, 0.6) is 0 Å². The van der Waals surface area contributed by atoms with E-state index in [1.807, 2.05) is 0 Å². The molecule has 0 unspecified atom stereocenters. The van der Waals surface area contributed by atoms with E-state index in [1.165, 1.54) is 0 Å². The molecule has 0 amide bonds. The van der Waals surface area contributed by atoms with Gasteiger partial charge in [-0.15, -0.1) is 12.4 Å². The molecule has 0 bridgehead atoms. The molecule has 0 fully saturated rings. The van der Waals surface area contributed by atoms with Crippen LogP contribution in [0.15, 0.2) is 0 Å². The molecule has 0 nitrogen and oxygen atoms in total. The minimum Gasteiger partial charge on any atom is -1.00 e. The number of halogens is 2. The van der Waals surface area contributed by atoms with E-state index in [1.54, 1.807) is 0 Å². The zero-order chi connectivity index (χ0) is 0. The average Bonchev–Trinajstić information content (AvgIpc) is 0. The number of hydrogen-bond donors (Lipinski definition) is 0. The van der Waals surface area contributed by atoms with Crippen LogP contribution in [-0.4, -0.2) is 17.4 Å². The van der Waals surface area contributed by atoms with Gasteiger partial charge < -0.3 is 1.43 Å². The minimum absolute atomic E-state index is 0. The van der Waals surface area contributed by atoms with Crippen molar-refractivity contribution in [2.75, 3.05) is 0 Å². The van der Waals surface area contributed by atoms with Crippen molar-refractivity contribution in [1.29, 1.82) is 0 Å². The van der Waals surface area contributed by atoms with E-state index in [0.29, 0.717) is 0 Å². The van der Waals surface area contributed by atoms with Crippen molar-refractivity contribution in [2.45, 2.75) is 0 Å². The summed E-state index contributed by atoms with van der Waals surface area (Å²) in [7, 11) is 0. The van der Waals surface area contributed by atoms with Crippen LogP contribution in [0.1, 0.15) is 1.43 Å². The summed E-state index contributed by atoms with van der Waals surface area (Å²) in [5.41, 5.74) is 0. The zero-order valence-corrected chi connectivity index (χ0v) is 2.63. The van der Waals surface area contributed by atoms with E-state index in [4.69, 9.17) is 0 Å². The molecule has 0 aromatic heterocycles. The fourth-order valence-electron chi connectivity index (χ4n) is 0. The summed E-state index contributed by atoms with van der Waals surface area (Å²) >= 11 is 0. The Morgan fingerprint density at radius 2 is 1.25 bits per heavy atom. The molecule has 0 aliphatic rings. The molecule has 0 saturated carbocycles. The third kappa shape index (κ3) is 10.2. The van der Waals surface area contributed by atoms with E-state index in [9.17, 15) is 0 Å². The van der Waals surface area contributed by atoms with Gasteiger partial charge >= 0.3 is 18.9 Å². The Labute approximate surface area is 54.9 Å². The second-order valence-corrected chi connectivity index (χ2v) is 0. The van der Waals surface area contributed by atoms with Crippen LogP contribution in [0.3, 0.4) is 0 Å². The maximum absolute atomic E-state index is 0. The van der Waals surface area contributed by atoms with Gasteiger partial charge in [0.15, 0.2) is 17.4 Å². The molecular weight excluding hydrogens is 88.4 g/mol. The molecule has 0 radical (unpaired) electrons. The summed E-state index contributed by atoms with van der Waals surface area (Å²) in [5.74, 6) is 0. The smallest absolute Gasteiger partial charge is 1.00 e. The molecule has 0 atom stereocenters. The van der Waals surface area contributed by atoms with Crippen LogP contribution in [0, 0.1) is 0 Å². The van der Waals surface area contributed by atoms with Gasteiger partial charge in [-0.1, -0.05) is 0 Å². The minimum atomic E-state index is 0. The van der Waals surface area contributed by atoms with Gasteiger partial charge in [0.25, 0.3) is 0 Å². The van der Waals surface area contributed by atoms with Crippen LogP contribution < -0.4 is 18.9 Å². The fraction of sp³-hybridized carbons (Fsp3) is 0. The van der Waals surface area contributed by atoms with Crippen molar-refractivity contribution in [3.63, 3.8) is 0 Å². The fourth-order valence-corrected chi connectivity index (χ4v) is 0. The maximum atomic E-state index is 0. The van der Waals surface area contributed by atoms with Gasteiger partial charge in [0.1, 0.15) is 0 Å². The van der Waals surface area contributed by atoms with Gasteiger partial charge in [0.05, 0.1) is 0 Å².